The van der Waals surface area contributed by atoms with Gasteiger partial charge in [-0.1, -0.05) is 0 Å². The van der Waals surface area contributed by atoms with Gasteiger partial charge in [-0.3, -0.25) is 4.79 Å². The van der Waals surface area contributed by atoms with Gasteiger partial charge >= 0.3 is 0 Å². The first-order chi connectivity index (χ1) is 8.06. The molecule has 5 heteroatoms. The van der Waals surface area contributed by atoms with E-state index >= 15 is 0 Å². The molecule has 1 fully saturated rings. The summed E-state index contributed by atoms with van der Waals surface area (Å²) in [4.78, 5) is 12.0. The van der Waals surface area contributed by atoms with Crippen molar-refractivity contribution in [2.45, 2.75) is 24.8 Å². The zero-order valence-electron chi connectivity index (χ0n) is 9.37. The summed E-state index contributed by atoms with van der Waals surface area (Å²) in [6.07, 6.45) is 2.73. The highest BCUT2D eigenvalue weighted by Gasteiger charge is 2.37. The van der Waals surface area contributed by atoms with Crippen LogP contribution in [0.2, 0.25) is 0 Å². The lowest BCUT2D eigenvalue weighted by atomic mass is 9.77. The number of benzene rings is 1. The van der Waals surface area contributed by atoms with Gasteiger partial charge in [0.15, 0.2) is 0 Å². The summed E-state index contributed by atoms with van der Waals surface area (Å²) in [6, 6.07) is 5.05. The Labute approximate surface area is 108 Å². The number of nitrogens with two attached hydrogens (primary N) is 1. The molecule has 0 spiro atoms. The van der Waals surface area contributed by atoms with Crippen LogP contribution in [0.15, 0.2) is 22.7 Å². The van der Waals surface area contributed by atoms with Crippen LogP contribution in [0.5, 0.6) is 0 Å². The number of hydrogen-bond acceptors (Lipinski definition) is 3. The normalized spacial score (nSPS) is 17.3. The molecule has 0 atom stereocenters. The third kappa shape index (κ3) is 2.45. The zero-order valence-corrected chi connectivity index (χ0v) is 11.0. The highest BCUT2D eigenvalue weighted by Crippen LogP contribution is 2.31. The van der Waals surface area contributed by atoms with Gasteiger partial charge in [0, 0.05) is 15.7 Å². The summed E-state index contributed by atoms with van der Waals surface area (Å²) in [5.41, 5.74) is 6.40. The molecular weight excluding hydrogens is 284 g/mol. The Balaban J connectivity index is 2.11. The highest BCUT2D eigenvalue weighted by molar-refractivity contribution is 9.10. The minimum absolute atomic E-state index is 0.00508. The van der Waals surface area contributed by atoms with Gasteiger partial charge in [-0.25, -0.2) is 0 Å². The molecule has 4 N–H and O–H groups in total. The fraction of sp³-hybridized carbons (Fsp3) is 0.417. The van der Waals surface area contributed by atoms with Crippen LogP contribution in [0.25, 0.3) is 0 Å². The summed E-state index contributed by atoms with van der Waals surface area (Å²) in [5.74, 6) is -0.167. The van der Waals surface area contributed by atoms with Crippen molar-refractivity contribution >= 4 is 27.5 Å². The van der Waals surface area contributed by atoms with E-state index in [-0.39, 0.29) is 12.5 Å². The van der Waals surface area contributed by atoms with Gasteiger partial charge < -0.3 is 16.2 Å². The van der Waals surface area contributed by atoms with Crippen molar-refractivity contribution in [3.8, 4) is 0 Å². The number of rotatable bonds is 3. The van der Waals surface area contributed by atoms with Crippen LogP contribution in [0.1, 0.15) is 29.6 Å². The lowest BCUT2D eigenvalue weighted by Crippen LogP contribution is -2.56. The standard InChI is InChI=1S/C12H15BrN2O2/c13-9-6-8(2-3-10(9)14)11(17)15-12(7-16)4-1-5-12/h2-3,6,16H,1,4-5,7,14H2,(H,15,17). The molecule has 1 aliphatic carbocycles. The molecule has 0 saturated heterocycles. The van der Waals surface area contributed by atoms with E-state index in [1.54, 1.807) is 18.2 Å². The van der Waals surface area contributed by atoms with E-state index in [0.717, 1.165) is 19.3 Å². The molecule has 17 heavy (non-hydrogen) atoms. The smallest absolute Gasteiger partial charge is 0.251 e. The van der Waals surface area contributed by atoms with E-state index in [2.05, 4.69) is 21.2 Å². The van der Waals surface area contributed by atoms with Gasteiger partial charge in [0.1, 0.15) is 0 Å². The van der Waals surface area contributed by atoms with Crippen LogP contribution < -0.4 is 11.1 Å². The average Bonchev–Trinajstić information content (AvgIpc) is 2.27. The highest BCUT2D eigenvalue weighted by atomic mass is 79.9. The summed E-state index contributed by atoms with van der Waals surface area (Å²) in [5, 5.41) is 12.2. The average molecular weight is 299 g/mol. The summed E-state index contributed by atoms with van der Waals surface area (Å²) in [7, 11) is 0. The molecule has 0 aliphatic heterocycles. The Bertz CT molecular complexity index is 439. The van der Waals surface area contributed by atoms with E-state index < -0.39 is 5.54 Å². The van der Waals surface area contributed by atoms with E-state index in [1.165, 1.54) is 0 Å². The number of nitrogens with one attached hydrogen (secondary N) is 1. The molecule has 2 rings (SSSR count). The lowest BCUT2D eigenvalue weighted by molar-refractivity contribution is 0.0641. The number of halogens is 1. The fourth-order valence-corrected chi connectivity index (χ4v) is 2.29. The lowest BCUT2D eigenvalue weighted by Gasteiger charge is -2.40. The Morgan fingerprint density at radius 3 is 2.71 bits per heavy atom. The quantitative estimate of drug-likeness (QED) is 0.743. The van der Waals surface area contributed by atoms with Gasteiger partial charge in [0.05, 0.1) is 12.1 Å². The molecule has 1 saturated carbocycles. The molecule has 0 unspecified atom stereocenters. The summed E-state index contributed by atoms with van der Waals surface area (Å²) < 4.78 is 0.705. The number of anilines is 1. The van der Waals surface area contributed by atoms with Gasteiger partial charge in [0.2, 0.25) is 0 Å². The molecular formula is C12H15BrN2O2. The zero-order chi connectivity index (χ0) is 12.5. The Morgan fingerprint density at radius 1 is 1.53 bits per heavy atom. The number of carbonyl (C=O) groups is 1. The maximum atomic E-state index is 12.0. The molecule has 0 bridgehead atoms. The SMILES string of the molecule is Nc1ccc(C(=O)NC2(CO)CCC2)cc1Br. The van der Waals surface area contributed by atoms with Crippen molar-refractivity contribution < 1.29 is 9.90 Å². The maximum absolute atomic E-state index is 12.0. The number of nitrogen functional groups attached to an aromatic ring is 1. The Morgan fingerprint density at radius 2 is 2.24 bits per heavy atom. The van der Waals surface area contributed by atoms with Crippen molar-refractivity contribution in [1.29, 1.82) is 0 Å². The summed E-state index contributed by atoms with van der Waals surface area (Å²) >= 11 is 3.29. The van der Waals surface area contributed by atoms with Gasteiger partial charge in [0.25, 0.3) is 5.91 Å². The number of carbonyl (C=O) groups excluding carboxylic acids is 1. The maximum Gasteiger partial charge on any atom is 0.251 e. The van der Waals surface area contributed by atoms with E-state index in [0.29, 0.717) is 15.7 Å². The minimum Gasteiger partial charge on any atom is -0.398 e. The topological polar surface area (TPSA) is 75.4 Å². The number of aliphatic hydroxyl groups excluding tert-OH is 1. The van der Waals surface area contributed by atoms with E-state index in [4.69, 9.17) is 5.73 Å². The number of hydrogen-bond donors (Lipinski definition) is 3. The van der Waals surface area contributed by atoms with Crippen LogP contribution in [0.3, 0.4) is 0 Å². The first kappa shape index (κ1) is 12.4. The van der Waals surface area contributed by atoms with E-state index in [1.807, 2.05) is 0 Å². The van der Waals surface area contributed by atoms with Crippen molar-refractivity contribution in [3.63, 3.8) is 0 Å². The van der Waals surface area contributed by atoms with Crippen LogP contribution in [-0.2, 0) is 0 Å². The first-order valence-electron chi connectivity index (χ1n) is 5.55. The molecule has 92 valence electrons. The van der Waals surface area contributed by atoms with Gasteiger partial charge in [-0.15, -0.1) is 0 Å². The number of aliphatic hydroxyl groups is 1. The van der Waals surface area contributed by atoms with Crippen LogP contribution in [0.4, 0.5) is 5.69 Å². The second-order valence-corrected chi connectivity index (χ2v) is 5.34. The molecule has 4 nitrogen and oxygen atoms in total. The molecule has 0 aromatic heterocycles. The minimum atomic E-state index is -0.412. The van der Waals surface area contributed by atoms with Crippen molar-refractivity contribution in [2.24, 2.45) is 0 Å². The van der Waals surface area contributed by atoms with Crippen LogP contribution in [0, 0.1) is 0 Å². The second-order valence-electron chi connectivity index (χ2n) is 4.48. The number of amides is 1. The first-order valence-corrected chi connectivity index (χ1v) is 6.34. The van der Waals surface area contributed by atoms with Gasteiger partial charge in [-0.05, 0) is 53.4 Å². The summed E-state index contributed by atoms with van der Waals surface area (Å²) in [6.45, 7) is -0.00508. The predicted octanol–water partition coefficient (Wildman–Crippen LogP) is 1.68. The van der Waals surface area contributed by atoms with E-state index in [9.17, 15) is 9.90 Å². The Hall–Kier alpha value is -1.07. The molecule has 1 aliphatic rings. The van der Waals surface area contributed by atoms with Crippen molar-refractivity contribution in [1.82, 2.24) is 5.32 Å². The second kappa shape index (κ2) is 4.66. The monoisotopic (exact) mass is 298 g/mol. The third-order valence-electron chi connectivity index (χ3n) is 3.25. The third-order valence-corrected chi connectivity index (χ3v) is 3.94. The molecule has 1 amide bonds. The van der Waals surface area contributed by atoms with Crippen molar-refractivity contribution in [2.75, 3.05) is 12.3 Å². The fourth-order valence-electron chi connectivity index (χ4n) is 1.91. The Kier molecular flexibility index (Phi) is 3.40. The largest absolute Gasteiger partial charge is 0.398 e. The van der Waals surface area contributed by atoms with Gasteiger partial charge in [-0.2, -0.15) is 0 Å². The van der Waals surface area contributed by atoms with Crippen LogP contribution in [-0.4, -0.2) is 23.2 Å². The molecule has 1 aromatic carbocycles. The molecule has 1 aromatic rings. The predicted molar refractivity (Wildman–Crippen MR) is 69.7 cm³/mol. The van der Waals surface area contributed by atoms with Crippen LogP contribution >= 0.6 is 15.9 Å². The molecule has 0 heterocycles. The van der Waals surface area contributed by atoms with Crippen molar-refractivity contribution in [3.05, 3.63) is 28.2 Å². The molecule has 0 radical (unpaired) electrons.